The van der Waals surface area contributed by atoms with Crippen LogP contribution in [0.4, 0.5) is 10.1 Å². The van der Waals surface area contributed by atoms with Crippen LogP contribution in [0.25, 0.3) is 0 Å². The maximum absolute atomic E-state index is 12.7. The molecule has 1 heterocycles. The van der Waals surface area contributed by atoms with Gasteiger partial charge in [0.15, 0.2) is 0 Å². The molecular weight excluding hydrogens is 235 g/mol. The van der Waals surface area contributed by atoms with Crippen molar-refractivity contribution in [3.05, 3.63) is 30.1 Å². The average Bonchev–Trinajstić information content (AvgIpc) is 2.50. The Morgan fingerprint density at radius 1 is 1.28 bits per heavy atom. The number of carbonyl (C=O) groups excluding carboxylic acids is 2. The van der Waals surface area contributed by atoms with Crippen molar-refractivity contribution in [2.45, 2.75) is 19.3 Å². The number of amides is 2. The molecule has 1 aromatic carbocycles. The third kappa shape index (κ3) is 3.29. The Morgan fingerprint density at radius 3 is 2.72 bits per heavy atom. The molecule has 1 fully saturated rings. The quantitative estimate of drug-likeness (QED) is 0.802. The summed E-state index contributed by atoms with van der Waals surface area (Å²) in [4.78, 5) is 22.8. The van der Waals surface area contributed by atoms with Gasteiger partial charge in [-0.15, -0.1) is 0 Å². The molecule has 1 atom stereocenters. The van der Waals surface area contributed by atoms with Gasteiger partial charge in [-0.3, -0.25) is 14.9 Å². The molecule has 1 aliphatic rings. The first-order chi connectivity index (χ1) is 8.65. The molecule has 1 unspecified atom stereocenters. The van der Waals surface area contributed by atoms with Crippen molar-refractivity contribution in [2.24, 2.45) is 5.92 Å². The van der Waals surface area contributed by atoms with Crippen LogP contribution in [0.1, 0.15) is 19.3 Å². The van der Waals surface area contributed by atoms with Crippen LogP contribution >= 0.6 is 0 Å². The number of hydrogen-bond donors (Lipinski definition) is 2. The number of imide groups is 1. The Morgan fingerprint density at radius 2 is 2.00 bits per heavy atom. The Bertz CT molecular complexity index is 445. The van der Waals surface area contributed by atoms with Crippen molar-refractivity contribution >= 4 is 17.5 Å². The number of carbonyl (C=O) groups is 2. The minimum absolute atomic E-state index is 0.204. The van der Waals surface area contributed by atoms with Crippen LogP contribution in [0.2, 0.25) is 0 Å². The second-order valence-corrected chi connectivity index (χ2v) is 4.39. The molecule has 2 rings (SSSR count). The highest BCUT2D eigenvalue weighted by atomic mass is 19.1. The van der Waals surface area contributed by atoms with Crippen LogP contribution in [0.5, 0.6) is 0 Å². The smallest absolute Gasteiger partial charge is 0.231 e. The van der Waals surface area contributed by atoms with E-state index in [1.165, 1.54) is 12.1 Å². The first-order valence-electron chi connectivity index (χ1n) is 5.98. The van der Waals surface area contributed by atoms with Crippen LogP contribution in [-0.4, -0.2) is 18.4 Å². The molecule has 4 nitrogen and oxygen atoms in total. The van der Waals surface area contributed by atoms with E-state index < -0.39 is 0 Å². The van der Waals surface area contributed by atoms with E-state index in [4.69, 9.17) is 0 Å². The molecule has 1 aliphatic heterocycles. The number of nitrogens with one attached hydrogen (secondary N) is 2. The van der Waals surface area contributed by atoms with Gasteiger partial charge in [-0.05, 0) is 37.1 Å². The molecule has 5 heteroatoms. The molecule has 0 saturated carbocycles. The summed E-state index contributed by atoms with van der Waals surface area (Å²) in [6, 6.07) is 5.96. The van der Waals surface area contributed by atoms with Crippen LogP contribution in [0, 0.1) is 11.7 Å². The van der Waals surface area contributed by atoms with Crippen molar-refractivity contribution in [1.82, 2.24) is 5.32 Å². The molecule has 2 amide bonds. The van der Waals surface area contributed by atoms with Crippen LogP contribution in [-0.2, 0) is 9.59 Å². The Kier molecular flexibility index (Phi) is 3.92. The van der Waals surface area contributed by atoms with Gasteiger partial charge in [0.25, 0.3) is 0 Å². The summed E-state index contributed by atoms with van der Waals surface area (Å²) in [5.74, 6) is -0.948. The lowest BCUT2D eigenvalue weighted by molar-refractivity contribution is -0.131. The summed E-state index contributed by atoms with van der Waals surface area (Å²) in [6.07, 6.45) is 1.80. The van der Waals surface area contributed by atoms with E-state index in [9.17, 15) is 14.0 Å². The monoisotopic (exact) mass is 250 g/mol. The molecule has 0 aromatic heterocycles. The van der Waals surface area contributed by atoms with Gasteiger partial charge in [0.05, 0.1) is 5.92 Å². The van der Waals surface area contributed by atoms with E-state index in [0.717, 1.165) is 5.69 Å². The highest BCUT2D eigenvalue weighted by Gasteiger charge is 2.23. The molecule has 0 bridgehead atoms. The lowest BCUT2D eigenvalue weighted by atomic mass is 10.0. The number of benzene rings is 1. The zero-order valence-electron chi connectivity index (χ0n) is 9.91. The van der Waals surface area contributed by atoms with Gasteiger partial charge in [0.1, 0.15) is 5.82 Å². The maximum atomic E-state index is 12.7. The highest BCUT2D eigenvalue weighted by Crippen LogP contribution is 2.15. The number of hydrogen-bond acceptors (Lipinski definition) is 3. The third-order valence-electron chi connectivity index (χ3n) is 2.99. The molecule has 2 N–H and O–H groups in total. The van der Waals surface area contributed by atoms with E-state index in [0.29, 0.717) is 25.8 Å². The Balaban J connectivity index is 1.90. The van der Waals surface area contributed by atoms with Crippen LogP contribution in [0.3, 0.4) is 0 Å². The van der Waals surface area contributed by atoms with E-state index in [1.807, 2.05) is 0 Å². The normalized spacial score (nSPS) is 20.2. The van der Waals surface area contributed by atoms with E-state index in [-0.39, 0.29) is 23.5 Å². The zero-order chi connectivity index (χ0) is 13.0. The van der Waals surface area contributed by atoms with E-state index >= 15 is 0 Å². The fourth-order valence-electron chi connectivity index (χ4n) is 1.95. The van der Waals surface area contributed by atoms with Crippen LogP contribution < -0.4 is 10.6 Å². The lowest BCUT2D eigenvalue weighted by Gasteiger charge is -2.14. The molecule has 0 aliphatic carbocycles. The van der Waals surface area contributed by atoms with E-state index in [1.54, 1.807) is 12.1 Å². The summed E-state index contributed by atoms with van der Waals surface area (Å²) >= 11 is 0. The molecule has 18 heavy (non-hydrogen) atoms. The van der Waals surface area contributed by atoms with Gasteiger partial charge in [-0.25, -0.2) is 4.39 Å². The zero-order valence-corrected chi connectivity index (χ0v) is 9.91. The Labute approximate surface area is 105 Å². The number of anilines is 1. The fourth-order valence-corrected chi connectivity index (χ4v) is 1.95. The standard InChI is InChI=1S/C13H15FN2O2/c14-10-4-6-11(7-5-10)15-8-9-2-1-3-12(17)16-13(9)18/h4-7,9,15H,1-3,8H2,(H,16,17,18). The summed E-state index contributed by atoms with van der Waals surface area (Å²) in [6.45, 7) is 0.449. The van der Waals surface area contributed by atoms with Crippen LogP contribution in [0.15, 0.2) is 24.3 Å². The average molecular weight is 250 g/mol. The van der Waals surface area contributed by atoms with Gasteiger partial charge in [0.2, 0.25) is 11.8 Å². The van der Waals surface area contributed by atoms with E-state index in [2.05, 4.69) is 10.6 Å². The number of halogens is 1. The maximum Gasteiger partial charge on any atom is 0.231 e. The predicted octanol–water partition coefficient (Wildman–Crippen LogP) is 1.68. The summed E-state index contributed by atoms with van der Waals surface area (Å²) < 4.78 is 12.7. The second-order valence-electron chi connectivity index (χ2n) is 4.39. The minimum Gasteiger partial charge on any atom is -0.384 e. The van der Waals surface area contributed by atoms with Gasteiger partial charge < -0.3 is 5.32 Å². The number of rotatable bonds is 3. The topological polar surface area (TPSA) is 58.2 Å². The molecule has 1 aromatic rings. The van der Waals surface area contributed by atoms with Gasteiger partial charge in [-0.1, -0.05) is 0 Å². The molecule has 0 spiro atoms. The summed E-state index contributed by atoms with van der Waals surface area (Å²) in [5.41, 5.74) is 0.764. The van der Waals surface area contributed by atoms with Crippen molar-refractivity contribution in [2.75, 3.05) is 11.9 Å². The largest absolute Gasteiger partial charge is 0.384 e. The Hall–Kier alpha value is -1.91. The second kappa shape index (κ2) is 5.62. The molecule has 96 valence electrons. The van der Waals surface area contributed by atoms with Gasteiger partial charge in [-0.2, -0.15) is 0 Å². The van der Waals surface area contributed by atoms with Gasteiger partial charge >= 0.3 is 0 Å². The third-order valence-corrected chi connectivity index (χ3v) is 2.99. The molecular formula is C13H15FN2O2. The highest BCUT2D eigenvalue weighted by molar-refractivity contribution is 5.97. The molecule has 1 saturated heterocycles. The first-order valence-corrected chi connectivity index (χ1v) is 5.98. The van der Waals surface area contributed by atoms with Gasteiger partial charge in [0, 0.05) is 18.7 Å². The predicted molar refractivity (Wildman–Crippen MR) is 65.4 cm³/mol. The van der Waals surface area contributed by atoms with Crippen molar-refractivity contribution in [3.63, 3.8) is 0 Å². The van der Waals surface area contributed by atoms with Crippen molar-refractivity contribution < 1.29 is 14.0 Å². The SMILES string of the molecule is O=C1CCCC(CNc2ccc(F)cc2)C(=O)N1. The fraction of sp³-hybridized carbons (Fsp3) is 0.385. The lowest BCUT2D eigenvalue weighted by Crippen LogP contribution is -2.35. The summed E-state index contributed by atoms with van der Waals surface area (Å²) in [5, 5.41) is 5.44. The van der Waals surface area contributed by atoms with Crippen molar-refractivity contribution in [1.29, 1.82) is 0 Å². The minimum atomic E-state index is -0.293. The van der Waals surface area contributed by atoms with Crippen molar-refractivity contribution in [3.8, 4) is 0 Å². The first kappa shape index (κ1) is 12.5. The summed E-state index contributed by atoms with van der Waals surface area (Å²) in [7, 11) is 0. The molecule has 0 radical (unpaired) electrons.